The van der Waals surface area contributed by atoms with E-state index in [0.29, 0.717) is 36.1 Å². The van der Waals surface area contributed by atoms with Crippen LogP contribution in [-0.4, -0.2) is 43.7 Å². The lowest BCUT2D eigenvalue weighted by Crippen LogP contribution is -2.29. The van der Waals surface area contributed by atoms with Gasteiger partial charge < -0.3 is 10.6 Å². The molecule has 26 heavy (non-hydrogen) atoms. The molecule has 2 N–H and O–H groups in total. The van der Waals surface area contributed by atoms with Gasteiger partial charge in [-0.05, 0) is 39.0 Å². The van der Waals surface area contributed by atoms with E-state index in [2.05, 4.69) is 30.7 Å². The largest absolute Gasteiger partial charge is 0.368 e. The highest BCUT2D eigenvalue weighted by Crippen LogP contribution is 2.13. The smallest absolute Gasteiger partial charge is 0.251 e. The quantitative estimate of drug-likeness (QED) is 0.658. The van der Waals surface area contributed by atoms with Gasteiger partial charge in [-0.25, -0.2) is 14.6 Å². The van der Waals surface area contributed by atoms with Gasteiger partial charge in [0.05, 0.1) is 5.69 Å². The van der Waals surface area contributed by atoms with Crippen molar-refractivity contribution in [3.05, 3.63) is 59.4 Å². The van der Waals surface area contributed by atoms with Gasteiger partial charge in [0.15, 0.2) is 5.82 Å². The van der Waals surface area contributed by atoms with E-state index in [9.17, 15) is 4.79 Å². The lowest BCUT2D eigenvalue weighted by molar-refractivity contribution is 0.0955. The monoisotopic (exact) mass is 351 g/mol. The van der Waals surface area contributed by atoms with Crippen LogP contribution in [0.25, 0.3) is 5.82 Å². The van der Waals surface area contributed by atoms with Crippen LogP contribution in [0.3, 0.4) is 0 Å². The van der Waals surface area contributed by atoms with Gasteiger partial charge in [0.1, 0.15) is 11.6 Å². The number of carbonyl (C=O) groups is 1. The lowest BCUT2D eigenvalue weighted by atomic mass is 10.2. The first-order valence-electron chi connectivity index (χ1n) is 8.34. The number of hydrogen-bond donors (Lipinski definition) is 2. The third kappa shape index (κ3) is 4.21. The molecular formula is C18H21N7O. The Hall–Kier alpha value is -3.29. The fourth-order valence-corrected chi connectivity index (χ4v) is 2.58. The Balaban J connectivity index is 1.60. The third-order valence-electron chi connectivity index (χ3n) is 3.71. The molecule has 0 saturated heterocycles. The number of nitrogens with zero attached hydrogens (tertiary/aromatic N) is 5. The van der Waals surface area contributed by atoms with E-state index in [-0.39, 0.29) is 5.91 Å². The number of aromatic nitrogens is 5. The summed E-state index contributed by atoms with van der Waals surface area (Å²) in [5.41, 5.74) is 2.54. The molecule has 8 heteroatoms. The minimum absolute atomic E-state index is 0.128. The molecule has 1 amide bonds. The molecule has 0 fully saturated rings. The fraction of sp³-hybridized carbons (Fsp3) is 0.278. The number of pyridine rings is 1. The second kappa shape index (κ2) is 7.73. The summed E-state index contributed by atoms with van der Waals surface area (Å²) in [7, 11) is 0. The molecule has 0 aromatic carbocycles. The maximum atomic E-state index is 12.0. The summed E-state index contributed by atoms with van der Waals surface area (Å²) in [5.74, 6) is 1.93. The standard InChI is InChI=1S/C18H21N7O/c1-12-10-13(2)25(24-12)17-11-16(22-14(3)23-17)20-8-9-21-18(26)15-4-6-19-7-5-15/h4-7,10-11H,8-9H2,1-3H3,(H,21,26)(H,20,22,23). The molecule has 0 atom stereocenters. The Morgan fingerprint density at radius 1 is 1.08 bits per heavy atom. The number of rotatable bonds is 6. The van der Waals surface area contributed by atoms with Gasteiger partial charge >= 0.3 is 0 Å². The summed E-state index contributed by atoms with van der Waals surface area (Å²) < 4.78 is 1.79. The highest BCUT2D eigenvalue weighted by molar-refractivity contribution is 5.93. The average Bonchev–Trinajstić information content (AvgIpc) is 2.97. The van der Waals surface area contributed by atoms with Crippen LogP contribution >= 0.6 is 0 Å². The van der Waals surface area contributed by atoms with Crippen molar-refractivity contribution in [3.63, 3.8) is 0 Å². The zero-order valence-electron chi connectivity index (χ0n) is 15.0. The molecule has 3 rings (SSSR count). The first-order valence-corrected chi connectivity index (χ1v) is 8.34. The van der Waals surface area contributed by atoms with E-state index in [0.717, 1.165) is 11.4 Å². The average molecular weight is 351 g/mol. The fourth-order valence-electron chi connectivity index (χ4n) is 2.58. The van der Waals surface area contributed by atoms with Crippen LogP contribution in [0.15, 0.2) is 36.7 Å². The summed E-state index contributed by atoms with van der Waals surface area (Å²) in [5, 5.41) is 10.5. The van der Waals surface area contributed by atoms with E-state index in [1.54, 1.807) is 29.2 Å². The first kappa shape index (κ1) is 17.5. The third-order valence-corrected chi connectivity index (χ3v) is 3.71. The minimum atomic E-state index is -0.128. The number of carbonyl (C=O) groups excluding carboxylic acids is 1. The first-order chi connectivity index (χ1) is 12.5. The summed E-state index contributed by atoms with van der Waals surface area (Å²) in [6, 6.07) is 7.20. The topological polar surface area (TPSA) is 97.6 Å². The Bertz CT molecular complexity index is 905. The van der Waals surface area contributed by atoms with Gasteiger partial charge in [-0.2, -0.15) is 5.10 Å². The number of nitrogens with one attached hydrogen (secondary N) is 2. The number of hydrogen-bond acceptors (Lipinski definition) is 6. The summed E-state index contributed by atoms with van der Waals surface area (Å²) in [6.45, 7) is 6.79. The van der Waals surface area contributed by atoms with Crippen LogP contribution < -0.4 is 10.6 Å². The van der Waals surface area contributed by atoms with Crippen LogP contribution in [0.1, 0.15) is 27.6 Å². The number of aryl methyl sites for hydroxylation is 3. The van der Waals surface area contributed by atoms with Gasteiger partial charge in [-0.15, -0.1) is 0 Å². The molecule has 3 aromatic heterocycles. The van der Waals surface area contributed by atoms with Crippen molar-refractivity contribution >= 4 is 11.7 Å². The normalized spacial score (nSPS) is 10.6. The highest BCUT2D eigenvalue weighted by atomic mass is 16.1. The zero-order chi connectivity index (χ0) is 18.5. The van der Waals surface area contributed by atoms with Crippen LogP contribution in [0, 0.1) is 20.8 Å². The van der Waals surface area contributed by atoms with Crippen molar-refractivity contribution in [3.8, 4) is 5.82 Å². The summed E-state index contributed by atoms with van der Waals surface area (Å²) in [4.78, 5) is 24.7. The molecule has 3 aromatic rings. The molecule has 0 unspecified atom stereocenters. The Labute approximate surface area is 151 Å². The lowest BCUT2D eigenvalue weighted by Gasteiger charge is -2.10. The van der Waals surface area contributed by atoms with E-state index in [1.165, 1.54) is 0 Å². The second-order valence-electron chi connectivity index (χ2n) is 5.92. The predicted octanol–water partition coefficient (Wildman–Crippen LogP) is 1.82. The molecule has 0 spiro atoms. The van der Waals surface area contributed by atoms with Crippen molar-refractivity contribution in [2.75, 3.05) is 18.4 Å². The number of anilines is 1. The van der Waals surface area contributed by atoms with Gasteiger partial charge in [0.25, 0.3) is 5.91 Å². The van der Waals surface area contributed by atoms with Crippen LogP contribution in [0.4, 0.5) is 5.82 Å². The van der Waals surface area contributed by atoms with Crippen molar-refractivity contribution in [2.45, 2.75) is 20.8 Å². The van der Waals surface area contributed by atoms with Crippen LogP contribution in [-0.2, 0) is 0 Å². The molecule has 0 aliphatic rings. The molecule has 0 radical (unpaired) electrons. The van der Waals surface area contributed by atoms with Gasteiger partial charge in [-0.1, -0.05) is 0 Å². The molecular weight excluding hydrogens is 330 g/mol. The molecule has 0 aliphatic heterocycles. The Morgan fingerprint density at radius 2 is 1.85 bits per heavy atom. The van der Waals surface area contributed by atoms with E-state index in [1.807, 2.05) is 32.9 Å². The van der Waals surface area contributed by atoms with Crippen LogP contribution in [0.5, 0.6) is 0 Å². The van der Waals surface area contributed by atoms with E-state index < -0.39 is 0 Å². The zero-order valence-corrected chi connectivity index (χ0v) is 15.0. The van der Waals surface area contributed by atoms with Gasteiger partial charge in [0.2, 0.25) is 0 Å². The molecule has 0 aliphatic carbocycles. The minimum Gasteiger partial charge on any atom is -0.368 e. The van der Waals surface area contributed by atoms with Crippen molar-refractivity contribution in [1.82, 2.24) is 30.0 Å². The maximum Gasteiger partial charge on any atom is 0.251 e. The summed E-state index contributed by atoms with van der Waals surface area (Å²) in [6.07, 6.45) is 3.19. The molecule has 134 valence electrons. The second-order valence-corrected chi connectivity index (χ2v) is 5.92. The molecule has 0 bridgehead atoms. The van der Waals surface area contributed by atoms with Crippen LogP contribution in [0.2, 0.25) is 0 Å². The van der Waals surface area contributed by atoms with Crippen molar-refractivity contribution < 1.29 is 4.79 Å². The van der Waals surface area contributed by atoms with Crippen molar-refractivity contribution in [1.29, 1.82) is 0 Å². The summed E-state index contributed by atoms with van der Waals surface area (Å²) >= 11 is 0. The molecule has 0 saturated carbocycles. The van der Waals surface area contributed by atoms with E-state index in [4.69, 9.17) is 0 Å². The van der Waals surface area contributed by atoms with Gasteiger partial charge in [0, 0.05) is 42.8 Å². The predicted molar refractivity (Wildman–Crippen MR) is 98.4 cm³/mol. The molecule has 8 nitrogen and oxygen atoms in total. The van der Waals surface area contributed by atoms with Gasteiger partial charge in [-0.3, -0.25) is 9.78 Å². The van der Waals surface area contributed by atoms with E-state index >= 15 is 0 Å². The Morgan fingerprint density at radius 3 is 2.54 bits per heavy atom. The molecule has 3 heterocycles. The Kier molecular flexibility index (Phi) is 5.21. The maximum absolute atomic E-state index is 12.0. The highest BCUT2D eigenvalue weighted by Gasteiger charge is 2.08. The SMILES string of the molecule is Cc1cc(C)n(-c2cc(NCCNC(=O)c3ccncc3)nc(C)n2)n1. The number of amides is 1. The van der Waals surface area contributed by atoms with Crippen molar-refractivity contribution in [2.24, 2.45) is 0 Å².